The molecule has 2 saturated carbocycles. The number of hydrogen-bond acceptors (Lipinski definition) is 1. The molecule has 0 heterocycles. The molecule has 0 amide bonds. The van der Waals surface area contributed by atoms with Gasteiger partial charge in [-0.25, -0.2) is 0 Å². The average molecular weight is 215 g/mol. The van der Waals surface area contributed by atoms with E-state index in [1.807, 2.05) is 0 Å². The van der Waals surface area contributed by atoms with E-state index in [1.165, 1.54) is 31.2 Å². The van der Waals surface area contributed by atoms with Gasteiger partial charge in [0.1, 0.15) is 0 Å². The Labute approximate surface area is 98.3 Å². The normalized spacial score (nSPS) is 28.8. The number of nitrogens with one attached hydrogen (secondary N) is 1. The molecule has 1 nitrogen and oxygen atoms in total. The highest BCUT2D eigenvalue weighted by Crippen LogP contribution is 2.39. The van der Waals surface area contributed by atoms with Crippen LogP contribution in [0.1, 0.15) is 49.7 Å². The van der Waals surface area contributed by atoms with Crippen molar-refractivity contribution in [2.45, 2.75) is 51.1 Å². The molecule has 0 radical (unpaired) electrons. The van der Waals surface area contributed by atoms with Crippen molar-refractivity contribution < 1.29 is 0 Å². The van der Waals surface area contributed by atoms with Gasteiger partial charge in [-0.15, -0.1) is 0 Å². The highest BCUT2D eigenvalue weighted by atomic mass is 14.9. The van der Waals surface area contributed by atoms with E-state index in [9.17, 15) is 0 Å². The summed E-state index contributed by atoms with van der Waals surface area (Å²) in [6.07, 6.45) is 5.52. The first-order valence-corrected chi connectivity index (χ1v) is 6.63. The number of benzene rings is 1. The van der Waals surface area contributed by atoms with Gasteiger partial charge in [0.05, 0.1) is 0 Å². The molecule has 0 aliphatic heterocycles. The summed E-state index contributed by atoms with van der Waals surface area (Å²) in [4.78, 5) is 0. The van der Waals surface area contributed by atoms with E-state index in [2.05, 4.69) is 36.5 Å². The SMILES string of the molecule is CC1CC(NCc2ccc(C3CC3)cc2)C1. The second kappa shape index (κ2) is 4.21. The minimum absolute atomic E-state index is 0.776. The Morgan fingerprint density at radius 3 is 2.38 bits per heavy atom. The minimum atomic E-state index is 0.776. The molecule has 2 fully saturated rings. The van der Waals surface area contributed by atoms with Crippen molar-refractivity contribution in [3.05, 3.63) is 35.4 Å². The molecule has 0 aromatic heterocycles. The molecule has 0 unspecified atom stereocenters. The van der Waals surface area contributed by atoms with Gasteiger partial charge in [-0.1, -0.05) is 31.2 Å². The zero-order valence-electron chi connectivity index (χ0n) is 10.1. The van der Waals surface area contributed by atoms with Gasteiger partial charge in [0.2, 0.25) is 0 Å². The van der Waals surface area contributed by atoms with Gasteiger partial charge in [0.15, 0.2) is 0 Å². The Balaban J connectivity index is 1.50. The molecule has 1 aromatic carbocycles. The van der Waals surface area contributed by atoms with Crippen LogP contribution in [0.3, 0.4) is 0 Å². The Hall–Kier alpha value is -0.820. The van der Waals surface area contributed by atoms with Gasteiger partial charge in [0, 0.05) is 12.6 Å². The lowest BCUT2D eigenvalue weighted by Gasteiger charge is -2.33. The quantitative estimate of drug-likeness (QED) is 0.811. The highest BCUT2D eigenvalue weighted by Gasteiger charge is 2.25. The zero-order chi connectivity index (χ0) is 11.0. The van der Waals surface area contributed by atoms with Crippen LogP contribution in [0.5, 0.6) is 0 Å². The molecule has 0 atom stereocenters. The topological polar surface area (TPSA) is 12.0 Å². The Kier molecular flexibility index (Phi) is 2.72. The van der Waals surface area contributed by atoms with Gasteiger partial charge in [-0.05, 0) is 48.6 Å². The van der Waals surface area contributed by atoms with Crippen LogP contribution in [-0.4, -0.2) is 6.04 Å². The predicted molar refractivity (Wildman–Crippen MR) is 67.4 cm³/mol. The van der Waals surface area contributed by atoms with Crippen LogP contribution in [0, 0.1) is 5.92 Å². The van der Waals surface area contributed by atoms with Crippen LogP contribution in [0.25, 0.3) is 0 Å². The Morgan fingerprint density at radius 2 is 1.81 bits per heavy atom. The van der Waals surface area contributed by atoms with E-state index < -0.39 is 0 Å². The first-order valence-electron chi connectivity index (χ1n) is 6.63. The Bertz CT molecular complexity index is 344. The maximum atomic E-state index is 3.63. The van der Waals surface area contributed by atoms with E-state index in [1.54, 1.807) is 5.56 Å². The molecule has 0 spiro atoms. The summed E-state index contributed by atoms with van der Waals surface area (Å²) in [6.45, 7) is 3.38. The highest BCUT2D eigenvalue weighted by molar-refractivity contribution is 5.28. The molecule has 0 bridgehead atoms. The van der Waals surface area contributed by atoms with Gasteiger partial charge in [0.25, 0.3) is 0 Å². The van der Waals surface area contributed by atoms with E-state index in [0.717, 1.165) is 24.4 Å². The minimum Gasteiger partial charge on any atom is -0.310 e. The van der Waals surface area contributed by atoms with E-state index >= 15 is 0 Å². The summed E-state index contributed by atoms with van der Waals surface area (Å²) in [5, 5.41) is 3.63. The van der Waals surface area contributed by atoms with Crippen molar-refractivity contribution in [1.29, 1.82) is 0 Å². The molecular weight excluding hydrogens is 194 g/mol. The molecule has 1 aromatic rings. The van der Waals surface area contributed by atoms with E-state index in [0.29, 0.717) is 0 Å². The van der Waals surface area contributed by atoms with Crippen molar-refractivity contribution in [2.75, 3.05) is 0 Å². The summed E-state index contributed by atoms with van der Waals surface area (Å²) < 4.78 is 0. The lowest BCUT2D eigenvalue weighted by atomic mass is 9.82. The van der Waals surface area contributed by atoms with Gasteiger partial charge >= 0.3 is 0 Å². The second-order valence-corrected chi connectivity index (χ2v) is 5.67. The third-order valence-electron chi connectivity index (χ3n) is 4.00. The largest absolute Gasteiger partial charge is 0.310 e. The summed E-state index contributed by atoms with van der Waals surface area (Å²) in [6, 6.07) is 10.00. The summed E-state index contributed by atoms with van der Waals surface area (Å²) in [5.41, 5.74) is 2.98. The standard InChI is InChI=1S/C15H21N/c1-11-8-15(9-11)16-10-12-2-4-13(5-3-12)14-6-7-14/h2-5,11,14-16H,6-10H2,1H3. The lowest BCUT2D eigenvalue weighted by molar-refractivity contribution is 0.240. The molecule has 86 valence electrons. The second-order valence-electron chi connectivity index (χ2n) is 5.67. The molecule has 16 heavy (non-hydrogen) atoms. The van der Waals surface area contributed by atoms with Crippen LogP contribution in [-0.2, 0) is 6.54 Å². The third kappa shape index (κ3) is 2.30. The average Bonchev–Trinajstić information content (AvgIpc) is 3.07. The van der Waals surface area contributed by atoms with Crippen LogP contribution < -0.4 is 5.32 Å². The van der Waals surface area contributed by atoms with Gasteiger partial charge in [-0.3, -0.25) is 0 Å². The van der Waals surface area contributed by atoms with E-state index in [-0.39, 0.29) is 0 Å². The lowest BCUT2D eigenvalue weighted by Crippen LogP contribution is -2.39. The van der Waals surface area contributed by atoms with Crippen LogP contribution in [0.4, 0.5) is 0 Å². The molecule has 2 aliphatic rings. The molecule has 1 heteroatoms. The maximum Gasteiger partial charge on any atom is 0.0208 e. The summed E-state index contributed by atoms with van der Waals surface area (Å²) in [7, 11) is 0. The first-order chi connectivity index (χ1) is 7.81. The molecule has 0 saturated heterocycles. The van der Waals surface area contributed by atoms with Crippen molar-refractivity contribution in [3.63, 3.8) is 0 Å². The number of rotatable bonds is 4. The smallest absolute Gasteiger partial charge is 0.0208 e. The van der Waals surface area contributed by atoms with Crippen LogP contribution >= 0.6 is 0 Å². The van der Waals surface area contributed by atoms with Crippen molar-refractivity contribution >= 4 is 0 Å². The van der Waals surface area contributed by atoms with Gasteiger partial charge in [-0.2, -0.15) is 0 Å². The molecule has 2 aliphatic carbocycles. The fourth-order valence-corrected chi connectivity index (χ4v) is 2.66. The fourth-order valence-electron chi connectivity index (χ4n) is 2.66. The van der Waals surface area contributed by atoms with E-state index in [4.69, 9.17) is 0 Å². The van der Waals surface area contributed by atoms with Crippen molar-refractivity contribution in [3.8, 4) is 0 Å². The summed E-state index contributed by atoms with van der Waals surface area (Å²) >= 11 is 0. The fraction of sp³-hybridized carbons (Fsp3) is 0.600. The summed E-state index contributed by atoms with van der Waals surface area (Å²) in [5.74, 6) is 1.82. The molecular formula is C15H21N. The molecule has 1 N–H and O–H groups in total. The third-order valence-corrected chi connectivity index (χ3v) is 4.00. The first kappa shape index (κ1) is 10.3. The Morgan fingerprint density at radius 1 is 1.12 bits per heavy atom. The van der Waals surface area contributed by atoms with Gasteiger partial charge < -0.3 is 5.32 Å². The number of hydrogen-bond donors (Lipinski definition) is 1. The maximum absolute atomic E-state index is 3.63. The van der Waals surface area contributed by atoms with Crippen LogP contribution in [0.15, 0.2) is 24.3 Å². The van der Waals surface area contributed by atoms with Crippen molar-refractivity contribution in [2.24, 2.45) is 5.92 Å². The zero-order valence-corrected chi connectivity index (χ0v) is 10.1. The predicted octanol–water partition coefficient (Wildman–Crippen LogP) is 3.45. The molecule has 3 rings (SSSR count). The van der Waals surface area contributed by atoms with Crippen LogP contribution in [0.2, 0.25) is 0 Å². The monoisotopic (exact) mass is 215 g/mol. The van der Waals surface area contributed by atoms with Crippen molar-refractivity contribution in [1.82, 2.24) is 5.32 Å².